The van der Waals surface area contributed by atoms with Gasteiger partial charge in [0.05, 0.1) is 0 Å². The second-order valence-electron chi connectivity index (χ2n) is 10.7. The van der Waals surface area contributed by atoms with Crippen LogP contribution in [0.25, 0.3) is 18.2 Å². The molecule has 0 amide bonds. The number of unbranched alkanes of at least 4 members (excludes halogenated alkanes) is 2. The molecule has 0 fully saturated rings. The second-order valence-corrected chi connectivity index (χ2v) is 11.8. The molecule has 0 spiro atoms. The van der Waals surface area contributed by atoms with Crippen molar-refractivity contribution in [2.24, 2.45) is 0 Å². The summed E-state index contributed by atoms with van der Waals surface area (Å²) in [5.41, 5.74) is -2.86. The first-order valence-electron chi connectivity index (χ1n) is 15.0. The van der Waals surface area contributed by atoms with Gasteiger partial charge in [-0.15, -0.1) is 11.3 Å². The summed E-state index contributed by atoms with van der Waals surface area (Å²) in [4.78, 5) is 3.95. The van der Waals surface area contributed by atoms with Crippen LogP contribution in [-0.2, 0) is 10.3 Å². The highest BCUT2D eigenvalue weighted by molar-refractivity contribution is 7.13. The Bertz CT molecular complexity index is 1740. The van der Waals surface area contributed by atoms with Crippen LogP contribution in [0.5, 0.6) is 0 Å². The highest BCUT2D eigenvalue weighted by atomic mass is 32.1. The van der Waals surface area contributed by atoms with E-state index in [0.29, 0.717) is 4.88 Å². The van der Waals surface area contributed by atoms with E-state index >= 15 is 0 Å². The number of rotatable bonds is 12. The largest absolute Gasteiger partial charge is 0.465 e. The Balaban J connectivity index is 1.64. The van der Waals surface area contributed by atoms with Gasteiger partial charge in [0.15, 0.2) is 11.3 Å². The SMILES string of the molecule is CCCCN(CCCC)c1ccc(/C=C/c2ccc(/C=C/C3=C(C#N)C(=C(C#N)C#N)OC3(c3ccccc3)C(F)(F)F)s2)cc1. The van der Waals surface area contributed by atoms with Gasteiger partial charge in [-0.1, -0.05) is 81.3 Å². The Morgan fingerprint density at radius 1 is 0.826 bits per heavy atom. The van der Waals surface area contributed by atoms with Gasteiger partial charge in [0.1, 0.15) is 23.8 Å². The van der Waals surface area contributed by atoms with Crippen LogP contribution >= 0.6 is 11.3 Å². The van der Waals surface area contributed by atoms with Crippen LogP contribution in [0.3, 0.4) is 0 Å². The predicted octanol–water partition coefficient (Wildman–Crippen LogP) is 9.95. The van der Waals surface area contributed by atoms with Crippen molar-refractivity contribution < 1.29 is 17.9 Å². The van der Waals surface area contributed by atoms with Gasteiger partial charge >= 0.3 is 6.18 Å². The third kappa shape index (κ3) is 7.26. The van der Waals surface area contributed by atoms with E-state index in [1.54, 1.807) is 30.3 Å². The lowest BCUT2D eigenvalue weighted by Crippen LogP contribution is -2.43. The third-order valence-corrected chi connectivity index (χ3v) is 8.61. The average molecular weight is 639 g/mol. The predicted molar refractivity (Wildman–Crippen MR) is 177 cm³/mol. The van der Waals surface area contributed by atoms with Crippen molar-refractivity contribution in [2.45, 2.75) is 51.3 Å². The van der Waals surface area contributed by atoms with Crippen LogP contribution in [0.2, 0.25) is 0 Å². The molecule has 1 aromatic heterocycles. The van der Waals surface area contributed by atoms with Gasteiger partial charge in [0.2, 0.25) is 0 Å². The first-order chi connectivity index (χ1) is 22.2. The summed E-state index contributed by atoms with van der Waals surface area (Å²) in [6.07, 6.45) is 6.15. The minimum absolute atomic E-state index is 0.278. The zero-order valence-electron chi connectivity index (χ0n) is 25.6. The van der Waals surface area contributed by atoms with Crippen molar-refractivity contribution in [2.75, 3.05) is 18.0 Å². The Labute approximate surface area is 272 Å². The van der Waals surface area contributed by atoms with Crippen molar-refractivity contribution >= 4 is 35.3 Å². The minimum atomic E-state index is -5.03. The minimum Gasteiger partial charge on any atom is -0.465 e. The molecule has 1 unspecified atom stereocenters. The quantitative estimate of drug-likeness (QED) is 0.184. The van der Waals surface area contributed by atoms with Crippen LogP contribution in [0.1, 0.15) is 60.4 Å². The maximum absolute atomic E-state index is 15.0. The fraction of sp³-hybridized carbons (Fsp3) is 0.270. The molecule has 46 heavy (non-hydrogen) atoms. The summed E-state index contributed by atoms with van der Waals surface area (Å²) in [5, 5.41) is 28.8. The zero-order valence-corrected chi connectivity index (χ0v) is 26.5. The summed E-state index contributed by atoms with van der Waals surface area (Å²) in [5.74, 6) is -0.687. The lowest BCUT2D eigenvalue weighted by Gasteiger charge is -2.33. The Morgan fingerprint density at radius 2 is 1.41 bits per heavy atom. The molecule has 1 aliphatic heterocycles. The molecular formula is C37H33F3N4OS. The number of benzene rings is 2. The van der Waals surface area contributed by atoms with E-state index in [0.717, 1.165) is 49.2 Å². The van der Waals surface area contributed by atoms with Crippen LogP contribution in [0, 0.1) is 34.0 Å². The molecule has 0 radical (unpaired) electrons. The van der Waals surface area contributed by atoms with Crippen molar-refractivity contribution in [3.05, 3.63) is 116 Å². The number of anilines is 1. The van der Waals surface area contributed by atoms with E-state index in [1.165, 1.54) is 53.4 Å². The molecule has 9 heteroatoms. The van der Waals surface area contributed by atoms with Gasteiger partial charge in [-0.2, -0.15) is 29.0 Å². The maximum atomic E-state index is 15.0. The zero-order chi connectivity index (χ0) is 33.2. The van der Waals surface area contributed by atoms with Crippen LogP contribution < -0.4 is 4.90 Å². The number of thiophene rings is 1. The lowest BCUT2D eigenvalue weighted by molar-refractivity contribution is -0.249. The number of nitrogens with zero attached hydrogens (tertiary/aromatic N) is 4. The molecule has 2 aromatic carbocycles. The molecule has 0 aliphatic carbocycles. The van der Waals surface area contributed by atoms with E-state index in [-0.39, 0.29) is 5.56 Å². The highest BCUT2D eigenvalue weighted by Gasteiger charge is 2.65. The van der Waals surface area contributed by atoms with Gasteiger partial charge in [-0.25, -0.2) is 0 Å². The summed E-state index contributed by atoms with van der Waals surface area (Å²) in [6.45, 7) is 6.44. The van der Waals surface area contributed by atoms with Gasteiger partial charge in [0, 0.05) is 39.7 Å². The summed E-state index contributed by atoms with van der Waals surface area (Å²) in [6, 6.07) is 23.8. The molecule has 0 N–H and O–H groups in total. The molecular weight excluding hydrogens is 605 g/mol. The number of nitriles is 3. The first kappa shape index (κ1) is 33.8. The normalized spacial score (nSPS) is 16.3. The smallest absolute Gasteiger partial charge is 0.437 e. The Hall–Kier alpha value is -5.04. The van der Waals surface area contributed by atoms with E-state index in [2.05, 4.69) is 43.0 Å². The summed E-state index contributed by atoms with van der Waals surface area (Å²) >= 11 is 1.36. The number of alkyl halides is 3. The van der Waals surface area contributed by atoms with E-state index in [1.807, 2.05) is 18.2 Å². The van der Waals surface area contributed by atoms with Crippen LogP contribution in [0.4, 0.5) is 18.9 Å². The van der Waals surface area contributed by atoms with Gasteiger partial charge < -0.3 is 9.64 Å². The van der Waals surface area contributed by atoms with Crippen molar-refractivity contribution in [3.8, 4) is 18.2 Å². The van der Waals surface area contributed by atoms with Crippen molar-refractivity contribution in [1.29, 1.82) is 15.8 Å². The van der Waals surface area contributed by atoms with Crippen molar-refractivity contribution in [1.82, 2.24) is 0 Å². The monoisotopic (exact) mass is 638 g/mol. The number of allylic oxidation sites excluding steroid dienone is 2. The molecule has 0 saturated carbocycles. The molecule has 234 valence electrons. The first-order valence-corrected chi connectivity index (χ1v) is 15.9. The molecule has 3 aromatic rings. The van der Waals surface area contributed by atoms with Crippen molar-refractivity contribution in [3.63, 3.8) is 0 Å². The number of hydrogen-bond acceptors (Lipinski definition) is 6. The van der Waals surface area contributed by atoms with Gasteiger partial charge in [0.25, 0.3) is 5.60 Å². The topological polar surface area (TPSA) is 83.8 Å². The van der Waals surface area contributed by atoms with Crippen LogP contribution in [-0.4, -0.2) is 19.3 Å². The third-order valence-electron chi connectivity index (χ3n) is 7.60. The molecule has 4 rings (SSSR count). The highest BCUT2D eigenvalue weighted by Crippen LogP contribution is 2.56. The fourth-order valence-corrected chi connectivity index (χ4v) is 6.01. The fourth-order valence-electron chi connectivity index (χ4n) is 5.19. The Morgan fingerprint density at radius 3 is 1.93 bits per heavy atom. The number of hydrogen-bond donors (Lipinski definition) is 0. The number of halogens is 3. The van der Waals surface area contributed by atoms with E-state index in [9.17, 15) is 29.0 Å². The molecule has 2 heterocycles. The maximum Gasteiger partial charge on any atom is 0.437 e. The van der Waals surface area contributed by atoms with Gasteiger partial charge in [-0.05, 0) is 54.8 Å². The lowest BCUT2D eigenvalue weighted by atomic mass is 9.84. The molecule has 5 nitrogen and oxygen atoms in total. The standard InChI is InChI=1S/C37H33F3N4OS/c1-3-5-22-44(23-6-4-2)30-15-12-27(13-16-30)14-17-31-18-19-32(46-31)20-21-34-33(26-43)35(28(24-41)25-42)45-36(34,37(38,39)40)29-10-8-7-9-11-29/h7-21H,3-6,22-23H2,1-2H3/b17-14+,21-20+. The van der Waals surface area contributed by atoms with E-state index < -0.39 is 34.3 Å². The molecule has 0 saturated heterocycles. The summed E-state index contributed by atoms with van der Waals surface area (Å²) < 4.78 is 50.4. The molecule has 0 bridgehead atoms. The van der Waals surface area contributed by atoms with Crippen LogP contribution in [0.15, 0.2) is 95.3 Å². The number of ether oxygens (including phenoxy) is 1. The van der Waals surface area contributed by atoms with E-state index in [4.69, 9.17) is 4.74 Å². The second kappa shape index (κ2) is 15.3. The molecule has 1 aliphatic rings. The molecule has 1 atom stereocenters. The average Bonchev–Trinajstić information content (AvgIpc) is 3.66. The Kier molecular flexibility index (Phi) is 11.3. The van der Waals surface area contributed by atoms with Gasteiger partial charge in [-0.3, -0.25) is 0 Å². The summed E-state index contributed by atoms with van der Waals surface area (Å²) in [7, 11) is 0.